The Bertz CT molecular complexity index is 806. The number of methoxy groups -OCH3 is 1. The molecule has 0 aliphatic carbocycles. The number of nitriles is 1. The lowest BCUT2D eigenvalue weighted by Crippen LogP contribution is -2.32. The molecule has 2 rings (SSSR count). The van der Waals surface area contributed by atoms with Gasteiger partial charge in [-0.1, -0.05) is 6.07 Å². The van der Waals surface area contributed by atoms with Gasteiger partial charge in [0.1, 0.15) is 5.69 Å². The number of carbonyl (C=O) groups excluding carboxylic acids is 2. The predicted octanol–water partition coefficient (Wildman–Crippen LogP) is 2.37. The third-order valence-corrected chi connectivity index (χ3v) is 3.92. The van der Waals surface area contributed by atoms with E-state index in [1.54, 1.807) is 37.2 Å². The van der Waals surface area contributed by atoms with Crippen LogP contribution in [0.1, 0.15) is 44.1 Å². The molecule has 0 unspecified atom stereocenters. The number of H-pyrrole nitrogens is 1. The van der Waals surface area contributed by atoms with Gasteiger partial charge < -0.3 is 14.6 Å². The minimum absolute atomic E-state index is 0.217. The summed E-state index contributed by atoms with van der Waals surface area (Å²) in [6, 6.07) is 5.72. The summed E-state index contributed by atoms with van der Waals surface area (Å²) in [6.07, 6.45) is 3.56. The molecule has 7 nitrogen and oxygen atoms in total. The molecule has 0 aliphatic rings. The van der Waals surface area contributed by atoms with Crippen LogP contribution in [0, 0.1) is 25.2 Å². The van der Waals surface area contributed by atoms with Gasteiger partial charge >= 0.3 is 5.97 Å². The van der Waals surface area contributed by atoms with Crippen LogP contribution in [-0.4, -0.2) is 40.4 Å². The first-order valence-electron chi connectivity index (χ1n) is 7.82. The van der Waals surface area contributed by atoms with E-state index in [0.717, 1.165) is 5.56 Å². The maximum absolute atomic E-state index is 13.0. The lowest BCUT2D eigenvalue weighted by atomic mass is 10.1. The monoisotopic (exact) mass is 340 g/mol. The van der Waals surface area contributed by atoms with Crippen molar-refractivity contribution >= 4 is 11.9 Å². The number of carbonyl (C=O) groups is 2. The third kappa shape index (κ3) is 4.04. The number of nitrogens with one attached hydrogen (secondary N) is 1. The summed E-state index contributed by atoms with van der Waals surface area (Å²) in [5.74, 6) is -0.754. The molecule has 0 bridgehead atoms. The fraction of sp³-hybridized carbons (Fsp3) is 0.333. The summed E-state index contributed by atoms with van der Waals surface area (Å²) in [5.41, 5.74) is 2.69. The molecule has 2 heterocycles. The number of aryl methyl sites for hydroxylation is 1. The summed E-state index contributed by atoms with van der Waals surface area (Å²) in [7, 11) is 1.30. The summed E-state index contributed by atoms with van der Waals surface area (Å²) in [5, 5.41) is 8.87. The van der Waals surface area contributed by atoms with Gasteiger partial charge in [-0.3, -0.25) is 9.78 Å². The maximum atomic E-state index is 13.0. The summed E-state index contributed by atoms with van der Waals surface area (Å²) >= 11 is 0. The number of aromatic nitrogens is 2. The van der Waals surface area contributed by atoms with E-state index >= 15 is 0 Å². The van der Waals surface area contributed by atoms with Gasteiger partial charge in [-0.05, 0) is 31.0 Å². The highest BCUT2D eigenvalue weighted by molar-refractivity contribution is 6.00. The highest BCUT2D eigenvalue weighted by Crippen LogP contribution is 2.21. The first-order chi connectivity index (χ1) is 12.0. The van der Waals surface area contributed by atoms with Crippen LogP contribution in [0.25, 0.3) is 0 Å². The number of hydrogen-bond acceptors (Lipinski definition) is 5. The number of esters is 1. The van der Waals surface area contributed by atoms with Crippen molar-refractivity contribution < 1.29 is 14.3 Å². The number of pyridine rings is 1. The average Bonchev–Trinajstić information content (AvgIpc) is 2.92. The van der Waals surface area contributed by atoms with Crippen LogP contribution >= 0.6 is 0 Å². The molecule has 0 saturated heterocycles. The van der Waals surface area contributed by atoms with E-state index in [0.29, 0.717) is 29.1 Å². The molecule has 7 heteroatoms. The number of amides is 1. The standard InChI is InChI=1S/C18H20N4O3/c1-12-15(18(24)25-3)13(2)21-16(12)17(23)22(9-5-7-19)11-14-6-4-8-20-10-14/h4,6,8,10,21H,5,9,11H2,1-3H3. The fourth-order valence-electron chi connectivity index (χ4n) is 2.68. The summed E-state index contributed by atoms with van der Waals surface area (Å²) in [6.45, 7) is 4.04. The summed E-state index contributed by atoms with van der Waals surface area (Å²) in [4.78, 5) is 33.5. The minimum Gasteiger partial charge on any atom is -0.465 e. The smallest absolute Gasteiger partial charge is 0.339 e. The highest BCUT2D eigenvalue weighted by Gasteiger charge is 2.25. The Labute approximate surface area is 146 Å². The Morgan fingerprint density at radius 3 is 2.76 bits per heavy atom. The number of nitrogens with zero attached hydrogens (tertiary/aromatic N) is 3. The third-order valence-electron chi connectivity index (χ3n) is 3.92. The molecule has 0 aliphatic heterocycles. The fourth-order valence-corrected chi connectivity index (χ4v) is 2.68. The van der Waals surface area contributed by atoms with E-state index in [2.05, 4.69) is 16.0 Å². The van der Waals surface area contributed by atoms with Gasteiger partial charge in [-0.25, -0.2) is 4.79 Å². The van der Waals surface area contributed by atoms with Gasteiger partial charge in [-0.2, -0.15) is 5.26 Å². The van der Waals surface area contributed by atoms with Crippen molar-refractivity contribution in [2.75, 3.05) is 13.7 Å². The topological polar surface area (TPSA) is 99.1 Å². The molecule has 0 atom stereocenters. The normalized spacial score (nSPS) is 10.2. The van der Waals surface area contributed by atoms with E-state index in [1.807, 2.05) is 6.07 Å². The second-order valence-corrected chi connectivity index (χ2v) is 5.61. The number of rotatable bonds is 6. The Hall–Kier alpha value is -3.14. The second kappa shape index (κ2) is 8.11. The van der Waals surface area contributed by atoms with Crippen LogP contribution in [0.5, 0.6) is 0 Å². The van der Waals surface area contributed by atoms with Crippen LogP contribution in [0.2, 0.25) is 0 Å². The van der Waals surface area contributed by atoms with Crippen molar-refractivity contribution in [1.82, 2.24) is 14.9 Å². The molecule has 2 aromatic rings. The van der Waals surface area contributed by atoms with Crippen LogP contribution in [-0.2, 0) is 11.3 Å². The molecule has 0 spiro atoms. The Balaban J connectivity index is 2.33. The predicted molar refractivity (Wildman–Crippen MR) is 90.8 cm³/mol. The molecule has 0 radical (unpaired) electrons. The van der Waals surface area contributed by atoms with Crippen LogP contribution < -0.4 is 0 Å². The molecule has 2 aromatic heterocycles. The van der Waals surface area contributed by atoms with E-state index in [4.69, 9.17) is 10.00 Å². The first kappa shape index (κ1) is 18.2. The van der Waals surface area contributed by atoms with E-state index in [-0.39, 0.29) is 18.9 Å². The van der Waals surface area contributed by atoms with Crippen LogP contribution in [0.4, 0.5) is 0 Å². The zero-order valence-electron chi connectivity index (χ0n) is 14.5. The van der Waals surface area contributed by atoms with Crippen molar-refractivity contribution in [3.63, 3.8) is 0 Å². The second-order valence-electron chi connectivity index (χ2n) is 5.61. The van der Waals surface area contributed by atoms with Gasteiger partial charge in [-0.15, -0.1) is 0 Å². The molecular weight excluding hydrogens is 320 g/mol. The Morgan fingerprint density at radius 2 is 2.16 bits per heavy atom. The zero-order chi connectivity index (χ0) is 18.4. The quantitative estimate of drug-likeness (QED) is 0.814. The van der Waals surface area contributed by atoms with Crippen molar-refractivity contribution in [2.45, 2.75) is 26.8 Å². The van der Waals surface area contributed by atoms with E-state index < -0.39 is 5.97 Å². The molecule has 0 fully saturated rings. The lowest BCUT2D eigenvalue weighted by Gasteiger charge is -2.21. The van der Waals surface area contributed by atoms with Gasteiger partial charge in [0.25, 0.3) is 5.91 Å². The zero-order valence-corrected chi connectivity index (χ0v) is 14.5. The Kier molecular flexibility index (Phi) is 5.90. The van der Waals surface area contributed by atoms with E-state index in [9.17, 15) is 9.59 Å². The minimum atomic E-state index is -0.485. The van der Waals surface area contributed by atoms with Crippen molar-refractivity contribution in [3.8, 4) is 6.07 Å². The van der Waals surface area contributed by atoms with E-state index in [1.165, 1.54) is 7.11 Å². The molecule has 0 saturated carbocycles. The number of hydrogen-bond donors (Lipinski definition) is 1. The van der Waals surface area contributed by atoms with Crippen LogP contribution in [0.3, 0.4) is 0 Å². The Morgan fingerprint density at radius 1 is 1.40 bits per heavy atom. The highest BCUT2D eigenvalue weighted by atomic mass is 16.5. The van der Waals surface area contributed by atoms with Crippen molar-refractivity contribution in [3.05, 3.63) is 52.6 Å². The molecule has 25 heavy (non-hydrogen) atoms. The van der Waals surface area contributed by atoms with Crippen molar-refractivity contribution in [2.24, 2.45) is 0 Å². The van der Waals surface area contributed by atoms with Gasteiger partial charge in [0.2, 0.25) is 0 Å². The summed E-state index contributed by atoms with van der Waals surface area (Å²) < 4.78 is 4.78. The molecular formula is C18H20N4O3. The molecule has 1 amide bonds. The lowest BCUT2D eigenvalue weighted by molar-refractivity contribution is 0.0599. The number of ether oxygens (including phenoxy) is 1. The maximum Gasteiger partial charge on any atom is 0.339 e. The van der Waals surface area contributed by atoms with Gasteiger partial charge in [0.15, 0.2) is 0 Å². The number of aromatic amines is 1. The molecule has 130 valence electrons. The van der Waals surface area contributed by atoms with Crippen molar-refractivity contribution in [1.29, 1.82) is 5.26 Å². The molecule has 1 N–H and O–H groups in total. The molecule has 0 aromatic carbocycles. The van der Waals surface area contributed by atoms with Gasteiger partial charge in [0, 0.05) is 31.2 Å². The first-order valence-corrected chi connectivity index (χ1v) is 7.82. The average molecular weight is 340 g/mol. The van der Waals surface area contributed by atoms with Crippen LogP contribution in [0.15, 0.2) is 24.5 Å². The SMILES string of the molecule is COC(=O)c1c(C)[nH]c(C(=O)N(CCC#N)Cc2cccnc2)c1C. The van der Waals surface area contributed by atoms with Gasteiger partial charge in [0.05, 0.1) is 25.2 Å². The largest absolute Gasteiger partial charge is 0.465 e.